The van der Waals surface area contributed by atoms with Crippen LogP contribution in [0.2, 0.25) is 0 Å². The number of aromatic nitrogens is 3. The van der Waals surface area contributed by atoms with Gasteiger partial charge in [-0.05, 0) is 18.2 Å². The Morgan fingerprint density at radius 2 is 1.62 bits per heavy atom. The van der Waals surface area contributed by atoms with E-state index >= 15 is 0 Å². The average Bonchev–Trinajstić information content (AvgIpc) is 3.27. The van der Waals surface area contributed by atoms with Crippen LogP contribution in [0.3, 0.4) is 0 Å². The van der Waals surface area contributed by atoms with Crippen molar-refractivity contribution in [3.05, 3.63) is 41.4 Å². The molecule has 1 saturated heterocycles. The first-order chi connectivity index (χ1) is 15.7. The molecule has 16 heteroatoms. The van der Waals surface area contributed by atoms with E-state index in [1.165, 1.54) is 0 Å². The number of hydrogen-bond acceptors (Lipinski definition) is 6. The fourth-order valence-electron chi connectivity index (χ4n) is 3.00. The zero-order valence-corrected chi connectivity index (χ0v) is 16.8. The fraction of sp³-hybridized carbons (Fsp3) is 0.278. The minimum Gasteiger partial charge on any atom is -0.395 e. The molecule has 1 aromatic carbocycles. The molecule has 0 radical (unpaired) electrons. The molecule has 10 nitrogen and oxygen atoms in total. The number of benzene rings is 1. The van der Waals surface area contributed by atoms with Crippen LogP contribution in [0, 0.1) is 0 Å². The number of nitrogens with two attached hydrogens (primary N) is 1. The number of urea groups is 1. The van der Waals surface area contributed by atoms with E-state index in [0.29, 0.717) is 21.9 Å². The molecule has 0 saturated carbocycles. The van der Waals surface area contributed by atoms with Crippen LogP contribution in [0.4, 0.5) is 31.1 Å². The van der Waals surface area contributed by atoms with Crippen molar-refractivity contribution in [1.82, 2.24) is 24.6 Å². The SMILES string of the molecule is NC(=O)CN1C(=O)N(CCO)C(=O)/C1=C/n1cnc(-c2cc(C(F)(F)F)cc(C(F)(F)F)c2)n1. The second-order valence-electron chi connectivity index (χ2n) is 6.87. The summed E-state index contributed by atoms with van der Waals surface area (Å²) in [5.41, 5.74) is 0.885. The summed E-state index contributed by atoms with van der Waals surface area (Å²) in [5.74, 6) is -2.48. The number of nitrogens with zero attached hydrogens (tertiary/aromatic N) is 5. The number of alkyl halides is 6. The van der Waals surface area contributed by atoms with Crippen LogP contribution < -0.4 is 5.73 Å². The molecule has 1 fully saturated rings. The molecule has 1 aliphatic heterocycles. The third-order valence-electron chi connectivity index (χ3n) is 4.46. The molecule has 0 atom stereocenters. The molecule has 2 heterocycles. The van der Waals surface area contributed by atoms with Gasteiger partial charge in [0, 0.05) is 5.56 Å². The lowest BCUT2D eigenvalue weighted by atomic mass is 10.0. The van der Waals surface area contributed by atoms with E-state index in [4.69, 9.17) is 10.8 Å². The number of carbonyl (C=O) groups excluding carboxylic acids is 3. The van der Waals surface area contributed by atoms with Crippen LogP contribution in [0.25, 0.3) is 17.6 Å². The van der Waals surface area contributed by atoms with Gasteiger partial charge in [-0.1, -0.05) is 0 Å². The Morgan fingerprint density at radius 1 is 1.03 bits per heavy atom. The summed E-state index contributed by atoms with van der Waals surface area (Å²) in [6, 6.07) is -0.177. The second kappa shape index (κ2) is 8.77. The standard InChI is InChI=1S/C18H14F6N6O4/c19-17(20,21)10-3-9(4-11(5-10)18(22,23)24)14-26-8-28(27-14)6-12-15(33)29(1-2-31)16(34)30(12)7-13(25)32/h3-6,8,31H,1-2,7H2,(H2,25,32)/b12-6-. The molecule has 0 bridgehead atoms. The largest absolute Gasteiger partial charge is 0.416 e. The number of imide groups is 1. The molecule has 4 amide bonds. The van der Waals surface area contributed by atoms with Crippen molar-refractivity contribution in [2.75, 3.05) is 19.7 Å². The number of β-amino-alcohol motifs (C(OH)–C–C–N with tert-alkyl or cyclic N) is 1. The molecular formula is C18H14F6N6O4. The van der Waals surface area contributed by atoms with Crippen molar-refractivity contribution < 1.29 is 45.8 Å². The molecule has 3 rings (SSSR count). The molecule has 2 aromatic rings. The summed E-state index contributed by atoms with van der Waals surface area (Å²) in [4.78, 5) is 41.1. The van der Waals surface area contributed by atoms with Crippen molar-refractivity contribution in [1.29, 1.82) is 0 Å². The number of aliphatic hydroxyl groups is 1. The summed E-state index contributed by atoms with van der Waals surface area (Å²) in [5, 5.41) is 12.8. The van der Waals surface area contributed by atoms with Crippen molar-refractivity contribution in [3.63, 3.8) is 0 Å². The second-order valence-corrected chi connectivity index (χ2v) is 6.87. The Hall–Kier alpha value is -3.95. The first-order valence-electron chi connectivity index (χ1n) is 9.17. The highest BCUT2D eigenvalue weighted by Crippen LogP contribution is 2.38. The van der Waals surface area contributed by atoms with Gasteiger partial charge in [0.1, 0.15) is 18.6 Å². The van der Waals surface area contributed by atoms with Gasteiger partial charge in [-0.25, -0.2) is 14.5 Å². The normalized spacial score (nSPS) is 16.1. The molecule has 1 aromatic heterocycles. The molecule has 1 aliphatic rings. The van der Waals surface area contributed by atoms with Gasteiger partial charge in [-0.3, -0.25) is 19.4 Å². The molecule has 182 valence electrons. The maximum atomic E-state index is 13.1. The van der Waals surface area contributed by atoms with E-state index in [2.05, 4.69) is 10.1 Å². The number of rotatable bonds is 6. The number of primary amides is 1. The third-order valence-corrected chi connectivity index (χ3v) is 4.46. The summed E-state index contributed by atoms with van der Waals surface area (Å²) in [6.07, 6.45) is -8.41. The predicted octanol–water partition coefficient (Wildman–Crippen LogP) is 1.52. The highest BCUT2D eigenvalue weighted by Gasteiger charge is 2.41. The van der Waals surface area contributed by atoms with Gasteiger partial charge in [-0.2, -0.15) is 26.3 Å². The highest BCUT2D eigenvalue weighted by molar-refractivity contribution is 6.14. The maximum absolute atomic E-state index is 13.1. The maximum Gasteiger partial charge on any atom is 0.416 e. The topological polar surface area (TPSA) is 135 Å². The van der Waals surface area contributed by atoms with Gasteiger partial charge in [0.25, 0.3) is 5.91 Å². The Morgan fingerprint density at radius 3 is 2.12 bits per heavy atom. The Bertz CT molecular complexity index is 1140. The Balaban J connectivity index is 2.04. The van der Waals surface area contributed by atoms with Crippen LogP contribution in [0.1, 0.15) is 11.1 Å². The first kappa shape index (κ1) is 24.7. The molecule has 0 unspecified atom stereocenters. The monoisotopic (exact) mass is 492 g/mol. The van der Waals surface area contributed by atoms with E-state index in [1.807, 2.05) is 0 Å². The average molecular weight is 492 g/mol. The van der Waals surface area contributed by atoms with Gasteiger partial charge < -0.3 is 10.8 Å². The van der Waals surface area contributed by atoms with E-state index in [1.54, 1.807) is 0 Å². The lowest BCUT2D eigenvalue weighted by molar-refractivity contribution is -0.143. The first-order valence-corrected chi connectivity index (χ1v) is 9.17. The van der Waals surface area contributed by atoms with Gasteiger partial charge >= 0.3 is 18.4 Å². The van der Waals surface area contributed by atoms with Gasteiger partial charge in [0.15, 0.2) is 5.82 Å². The smallest absolute Gasteiger partial charge is 0.395 e. The van der Waals surface area contributed by atoms with Crippen LogP contribution >= 0.6 is 0 Å². The van der Waals surface area contributed by atoms with E-state index in [-0.39, 0.29) is 6.07 Å². The van der Waals surface area contributed by atoms with Crippen LogP contribution in [0.5, 0.6) is 0 Å². The fourth-order valence-corrected chi connectivity index (χ4v) is 3.00. The number of carbonyl (C=O) groups is 3. The Kier molecular flexibility index (Phi) is 6.37. The van der Waals surface area contributed by atoms with Crippen molar-refractivity contribution >= 4 is 24.0 Å². The quantitative estimate of drug-likeness (QED) is 0.357. The summed E-state index contributed by atoms with van der Waals surface area (Å²) in [6.45, 7) is -1.71. The molecule has 0 aliphatic carbocycles. The number of hydrogen-bond donors (Lipinski definition) is 2. The molecule has 34 heavy (non-hydrogen) atoms. The van der Waals surface area contributed by atoms with Crippen LogP contribution in [0.15, 0.2) is 30.2 Å². The minimum atomic E-state index is -5.08. The van der Waals surface area contributed by atoms with Gasteiger partial charge in [0.05, 0.1) is 30.5 Å². The molecular weight excluding hydrogens is 478 g/mol. The zero-order valence-electron chi connectivity index (χ0n) is 16.8. The lowest BCUT2D eigenvalue weighted by Crippen LogP contribution is -2.38. The highest BCUT2D eigenvalue weighted by atomic mass is 19.4. The van der Waals surface area contributed by atoms with E-state index in [9.17, 15) is 40.7 Å². The molecule has 0 spiro atoms. The van der Waals surface area contributed by atoms with Crippen molar-refractivity contribution in [2.45, 2.75) is 12.4 Å². The number of halogens is 6. The van der Waals surface area contributed by atoms with Gasteiger partial charge in [-0.15, -0.1) is 5.10 Å². The van der Waals surface area contributed by atoms with Gasteiger partial charge in [0.2, 0.25) is 5.91 Å². The summed E-state index contributed by atoms with van der Waals surface area (Å²) in [7, 11) is 0. The minimum absolute atomic E-state index is 0.0528. The van der Waals surface area contributed by atoms with Crippen LogP contribution in [-0.4, -0.2) is 67.2 Å². The summed E-state index contributed by atoms with van der Waals surface area (Å²) < 4.78 is 79.3. The number of aliphatic hydroxyl groups excluding tert-OH is 1. The van der Waals surface area contributed by atoms with Crippen LogP contribution in [-0.2, 0) is 21.9 Å². The van der Waals surface area contributed by atoms with E-state index < -0.39 is 78.1 Å². The Labute approximate surface area is 185 Å². The summed E-state index contributed by atoms with van der Waals surface area (Å²) >= 11 is 0. The van der Waals surface area contributed by atoms with Crippen molar-refractivity contribution in [3.8, 4) is 11.4 Å². The predicted molar refractivity (Wildman–Crippen MR) is 99.8 cm³/mol. The third kappa shape index (κ3) is 5.00. The number of amides is 4. The van der Waals surface area contributed by atoms with E-state index in [0.717, 1.165) is 17.2 Å². The lowest BCUT2D eigenvalue weighted by Gasteiger charge is -2.14. The zero-order chi connectivity index (χ0) is 25.4. The van der Waals surface area contributed by atoms with Crippen molar-refractivity contribution in [2.24, 2.45) is 5.73 Å². The molecule has 3 N–H and O–H groups in total.